The van der Waals surface area contributed by atoms with E-state index < -0.39 is 0 Å². The summed E-state index contributed by atoms with van der Waals surface area (Å²) < 4.78 is 0. The Morgan fingerprint density at radius 1 is 0.358 bits per heavy atom. The van der Waals surface area contributed by atoms with Crippen molar-refractivity contribution in [3.63, 3.8) is 0 Å². The van der Waals surface area contributed by atoms with Gasteiger partial charge in [0.25, 0.3) is 6.71 Å². The lowest BCUT2D eigenvalue weighted by molar-refractivity contribution is 0.521. The number of anilines is 6. The first kappa shape index (κ1) is 54.2. The largest absolute Gasteiger partial charge is 0.311 e. The van der Waals surface area contributed by atoms with Crippen LogP contribution in [-0.4, -0.2) is 6.71 Å². The number of hydrogen-bond acceptors (Lipinski definition) is 2. The predicted octanol–water partition coefficient (Wildman–Crippen LogP) is 19.1. The molecule has 0 N–H and O–H groups in total. The molecular formula is C78H83BN2. The van der Waals surface area contributed by atoms with Gasteiger partial charge in [-0.15, -0.1) is 0 Å². The second-order valence-electron chi connectivity index (χ2n) is 29.2. The van der Waals surface area contributed by atoms with Crippen molar-refractivity contribution in [1.82, 2.24) is 0 Å². The molecule has 0 saturated heterocycles. The van der Waals surface area contributed by atoms with Crippen molar-refractivity contribution in [2.24, 2.45) is 0 Å². The van der Waals surface area contributed by atoms with Gasteiger partial charge in [0.1, 0.15) is 0 Å². The van der Waals surface area contributed by atoms with E-state index in [2.05, 4.69) is 316 Å². The minimum atomic E-state index is -0.251. The average molecular weight is 1060 g/mol. The molecule has 0 unspecified atom stereocenters. The zero-order chi connectivity index (χ0) is 57.5. The van der Waals surface area contributed by atoms with Gasteiger partial charge in [-0.05, 0) is 166 Å². The maximum absolute atomic E-state index is 2.68. The minimum absolute atomic E-state index is 0.00258. The van der Waals surface area contributed by atoms with E-state index in [9.17, 15) is 0 Å². The Morgan fingerprint density at radius 2 is 0.802 bits per heavy atom. The van der Waals surface area contributed by atoms with Crippen molar-refractivity contribution in [3.05, 3.63) is 255 Å². The highest BCUT2D eigenvalue weighted by molar-refractivity contribution is 7.00. The Balaban J connectivity index is 1.18. The molecule has 0 radical (unpaired) electrons. The van der Waals surface area contributed by atoms with Gasteiger partial charge in [0, 0.05) is 50.7 Å². The lowest BCUT2D eigenvalue weighted by Crippen LogP contribution is -2.62. The molecule has 0 saturated carbocycles. The standard InChI is InChI=1S/C78H83BN2/c1-49-43-69-72-70(44-49)81(66-42-38-57(76(11,12)13)46-59(66)50-23-19-18-20-24-50)68-48-63-62(77(14,15)60-25-21-22-26-61(60)78(63,16)17)47-65(68)79(72)64-41-31-53(45-67(64)80(69)58-39-36-56(37-40-58)75(8,9)10)71(51-27-32-54(33-28-51)73(2,3)4)52-29-34-55(35-30-52)74(5,6)7/h18-48,71H,1-17H3. The summed E-state index contributed by atoms with van der Waals surface area (Å²) in [6.07, 6.45) is 0. The van der Waals surface area contributed by atoms with E-state index in [0.717, 1.165) is 5.69 Å². The third-order valence-corrected chi connectivity index (χ3v) is 18.7. The van der Waals surface area contributed by atoms with Crippen LogP contribution in [0.2, 0.25) is 0 Å². The number of rotatable bonds is 6. The van der Waals surface area contributed by atoms with Crippen LogP contribution in [0.3, 0.4) is 0 Å². The second-order valence-corrected chi connectivity index (χ2v) is 29.2. The molecule has 0 amide bonds. The molecule has 3 heteroatoms. The van der Waals surface area contributed by atoms with E-state index in [1.165, 1.54) is 123 Å². The fourth-order valence-corrected chi connectivity index (χ4v) is 13.9. The van der Waals surface area contributed by atoms with Crippen LogP contribution in [0.5, 0.6) is 0 Å². The monoisotopic (exact) mass is 1060 g/mol. The van der Waals surface area contributed by atoms with E-state index in [4.69, 9.17) is 0 Å². The molecule has 81 heavy (non-hydrogen) atoms. The summed E-state index contributed by atoms with van der Waals surface area (Å²) in [5.74, 6) is -0.00495. The van der Waals surface area contributed by atoms with Gasteiger partial charge in [-0.2, -0.15) is 0 Å². The Hall–Kier alpha value is -7.36. The lowest BCUT2D eigenvalue weighted by atomic mass is 9.33. The van der Waals surface area contributed by atoms with Gasteiger partial charge < -0.3 is 9.80 Å². The molecule has 0 fully saturated rings. The summed E-state index contributed by atoms with van der Waals surface area (Å²) in [6.45, 7) is 39.9. The van der Waals surface area contributed by atoms with Crippen LogP contribution in [0.4, 0.5) is 34.1 Å². The highest BCUT2D eigenvalue weighted by Gasteiger charge is 2.48. The van der Waals surface area contributed by atoms with Gasteiger partial charge in [0.05, 0.1) is 5.69 Å². The van der Waals surface area contributed by atoms with Crippen molar-refractivity contribution >= 4 is 57.2 Å². The fraction of sp³-hybridized carbons (Fsp3) is 0.308. The van der Waals surface area contributed by atoms with Gasteiger partial charge in [-0.25, -0.2) is 0 Å². The van der Waals surface area contributed by atoms with Gasteiger partial charge in [-0.1, -0.05) is 250 Å². The Kier molecular flexibility index (Phi) is 12.6. The number of nitrogens with zero attached hydrogens (tertiary/aromatic N) is 2. The van der Waals surface area contributed by atoms with Crippen LogP contribution in [-0.2, 0) is 32.5 Å². The molecule has 0 spiro atoms. The van der Waals surface area contributed by atoms with Crippen molar-refractivity contribution in [2.45, 2.75) is 156 Å². The summed E-state index contributed by atoms with van der Waals surface area (Å²) in [6, 6.07) is 74.0. The van der Waals surface area contributed by atoms with Gasteiger partial charge >= 0.3 is 0 Å². The molecule has 0 aromatic heterocycles. The SMILES string of the molecule is Cc1cc2c3c(c1)N(c1ccc(C(C)(C)C)cc1-c1ccccc1)c1cc4c(cc1B3c1ccc(C(c3ccc(C(C)(C)C)cc3)c3ccc(C(C)(C)C)cc3)cc1N2c1ccc(C(C)(C)C)cc1)C(C)(C)c1ccccc1C4(C)C. The quantitative estimate of drug-likeness (QED) is 0.121. The smallest absolute Gasteiger partial charge is 0.252 e. The number of fused-ring (bicyclic) bond motifs is 6. The molecule has 2 aliphatic heterocycles. The summed E-state index contributed by atoms with van der Waals surface area (Å²) in [5, 5.41) is 0. The molecule has 1 aliphatic carbocycles. The Morgan fingerprint density at radius 3 is 1.32 bits per heavy atom. The topological polar surface area (TPSA) is 6.48 Å². The van der Waals surface area contributed by atoms with Gasteiger partial charge in [0.15, 0.2) is 0 Å². The number of hydrogen-bond donors (Lipinski definition) is 0. The van der Waals surface area contributed by atoms with Crippen LogP contribution >= 0.6 is 0 Å². The summed E-state index contributed by atoms with van der Waals surface area (Å²) >= 11 is 0. The van der Waals surface area contributed by atoms with E-state index in [1.54, 1.807) is 0 Å². The molecule has 408 valence electrons. The predicted molar refractivity (Wildman–Crippen MR) is 350 cm³/mol. The Bertz CT molecular complexity index is 3850. The zero-order valence-corrected chi connectivity index (χ0v) is 51.4. The highest BCUT2D eigenvalue weighted by atomic mass is 15.2. The first-order chi connectivity index (χ1) is 38.1. The zero-order valence-electron chi connectivity index (χ0n) is 51.4. The van der Waals surface area contributed by atoms with Crippen LogP contribution in [0, 0.1) is 6.92 Å². The van der Waals surface area contributed by atoms with E-state index in [-0.39, 0.29) is 45.1 Å². The Labute approximate surface area is 486 Å². The molecule has 12 rings (SSSR count). The maximum atomic E-state index is 2.68. The van der Waals surface area contributed by atoms with Gasteiger partial charge in [-0.3, -0.25) is 0 Å². The van der Waals surface area contributed by atoms with Crippen molar-refractivity contribution in [1.29, 1.82) is 0 Å². The van der Waals surface area contributed by atoms with Crippen LogP contribution in [0.1, 0.15) is 183 Å². The summed E-state index contributed by atoms with van der Waals surface area (Å²) in [7, 11) is 0. The molecular weight excluding hydrogens is 976 g/mol. The van der Waals surface area contributed by atoms with E-state index in [1.807, 2.05) is 0 Å². The molecule has 3 aliphatic rings. The van der Waals surface area contributed by atoms with Crippen LogP contribution in [0.15, 0.2) is 188 Å². The maximum Gasteiger partial charge on any atom is 0.252 e. The van der Waals surface area contributed by atoms with Crippen LogP contribution < -0.4 is 26.2 Å². The third-order valence-electron chi connectivity index (χ3n) is 18.7. The molecule has 9 aromatic carbocycles. The van der Waals surface area contributed by atoms with Crippen LogP contribution in [0.25, 0.3) is 11.1 Å². The van der Waals surface area contributed by atoms with Crippen molar-refractivity contribution in [2.75, 3.05) is 9.80 Å². The summed E-state index contributed by atoms with van der Waals surface area (Å²) in [4.78, 5) is 5.30. The molecule has 2 heterocycles. The first-order valence-electron chi connectivity index (χ1n) is 29.8. The summed E-state index contributed by atoms with van der Waals surface area (Å²) in [5.41, 5.74) is 29.3. The van der Waals surface area contributed by atoms with Crippen molar-refractivity contribution < 1.29 is 0 Å². The van der Waals surface area contributed by atoms with Gasteiger partial charge in [0.2, 0.25) is 0 Å². The van der Waals surface area contributed by atoms with E-state index >= 15 is 0 Å². The molecule has 2 nitrogen and oxygen atoms in total. The highest BCUT2D eigenvalue weighted by Crippen LogP contribution is 2.54. The minimum Gasteiger partial charge on any atom is -0.311 e. The molecule has 0 atom stereocenters. The third kappa shape index (κ3) is 9.10. The van der Waals surface area contributed by atoms with E-state index in [0.29, 0.717) is 0 Å². The molecule has 9 aromatic rings. The lowest BCUT2D eigenvalue weighted by Gasteiger charge is -2.48. The number of aryl methyl sites for hydroxylation is 1. The number of benzene rings is 9. The fourth-order valence-electron chi connectivity index (χ4n) is 13.9. The first-order valence-corrected chi connectivity index (χ1v) is 29.8. The second kappa shape index (κ2) is 18.9. The normalized spacial score (nSPS) is 15.2. The average Bonchev–Trinajstić information content (AvgIpc) is 1.34. The van der Waals surface area contributed by atoms with Crippen molar-refractivity contribution in [3.8, 4) is 11.1 Å². The molecule has 0 bridgehead atoms.